The van der Waals surface area contributed by atoms with Crippen molar-refractivity contribution in [3.63, 3.8) is 0 Å². The van der Waals surface area contributed by atoms with E-state index in [1.54, 1.807) is 0 Å². The predicted octanol–water partition coefficient (Wildman–Crippen LogP) is 7.85. The Hall–Kier alpha value is -3.38. The summed E-state index contributed by atoms with van der Waals surface area (Å²) in [6.07, 6.45) is 4.25. The molecule has 0 aromatic heterocycles. The molecule has 0 fully saturated rings. The molecule has 0 spiro atoms. The van der Waals surface area contributed by atoms with Gasteiger partial charge < -0.3 is 0 Å². The summed E-state index contributed by atoms with van der Waals surface area (Å²) in [6.45, 7) is 8.59. The van der Waals surface area contributed by atoms with Gasteiger partial charge in [0, 0.05) is 0 Å². The van der Waals surface area contributed by atoms with Gasteiger partial charge in [0.05, 0.1) is 0 Å². The van der Waals surface area contributed by atoms with E-state index in [4.69, 9.17) is 0 Å². The van der Waals surface area contributed by atoms with Gasteiger partial charge in [-0.15, -0.1) is 0 Å². The van der Waals surface area contributed by atoms with Gasteiger partial charge >= 0.3 is 0 Å². The van der Waals surface area contributed by atoms with E-state index >= 15 is 0 Å². The lowest BCUT2D eigenvalue weighted by Crippen LogP contribution is -1.90. The van der Waals surface area contributed by atoms with E-state index in [-0.39, 0.29) is 0 Å². The summed E-state index contributed by atoms with van der Waals surface area (Å²) in [6, 6.07) is 30.0. The van der Waals surface area contributed by atoms with E-state index in [1.807, 2.05) is 18.2 Å². The maximum absolute atomic E-state index is 4.21. The third-order valence-corrected chi connectivity index (χ3v) is 5.29. The van der Waals surface area contributed by atoms with Crippen LogP contribution in [0.15, 0.2) is 97.6 Å². The molecule has 4 aromatic rings. The summed E-state index contributed by atoms with van der Waals surface area (Å²) in [7, 11) is 0. The van der Waals surface area contributed by atoms with Crippen molar-refractivity contribution >= 4 is 22.4 Å². The number of fused-ring (bicyclic) bond motifs is 1. The van der Waals surface area contributed by atoms with Crippen LogP contribution in [0.4, 0.5) is 0 Å². The van der Waals surface area contributed by atoms with Crippen molar-refractivity contribution in [1.29, 1.82) is 0 Å². The summed E-state index contributed by atoms with van der Waals surface area (Å²) in [5.41, 5.74) is 8.56. The van der Waals surface area contributed by atoms with Crippen LogP contribution in [0.2, 0.25) is 0 Å². The van der Waals surface area contributed by atoms with Crippen molar-refractivity contribution in [1.82, 2.24) is 0 Å². The van der Waals surface area contributed by atoms with Crippen LogP contribution in [-0.4, -0.2) is 0 Å². The molecule has 0 heteroatoms. The Morgan fingerprint density at radius 2 is 1.46 bits per heavy atom. The molecule has 0 bridgehead atoms. The van der Waals surface area contributed by atoms with Gasteiger partial charge in [0.15, 0.2) is 0 Å². The molecule has 0 saturated heterocycles. The highest BCUT2D eigenvalue weighted by atomic mass is 14.1. The summed E-state index contributed by atoms with van der Waals surface area (Å²) < 4.78 is 0. The fourth-order valence-corrected chi connectivity index (χ4v) is 3.70. The molecule has 0 amide bonds. The van der Waals surface area contributed by atoms with Gasteiger partial charge in [0.2, 0.25) is 0 Å². The Morgan fingerprint density at radius 3 is 2.29 bits per heavy atom. The lowest BCUT2D eigenvalue weighted by atomic mass is 9.90. The predicted molar refractivity (Wildman–Crippen MR) is 123 cm³/mol. The number of hydrogen-bond donors (Lipinski definition) is 0. The van der Waals surface area contributed by atoms with Crippen molar-refractivity contribution in [3.8, 4) is 11.1 Å². The SMILES string of the molecule is C=C(/C=C/c1ccc(C)c(-c2c(C)ccc3ccccc23)c1)c1ccccc1. The Labute approximate surface area is 167 Å². The molecular formula is C28H24. The molecule has 0 N–H and O–H groups in total. The number of allylic oxidation sites excluding steroid dienone is 2. The average molecular weight is 361 g/mol. The summed E-state index contributed by atoms with van der Waals surface area (Å²) in [5.74, 6) is 0. The van der Waals surface area contributed by atoms with E-state index in [0.717, 1.165) is 11.1 Å². The maximum atomic E-state index is 4.21. The molecule has 0 aliphatic rings. The van der Waals surface area contributed by atoms with Crippen LogP contribution < -0.4 is 0 Å². The van der Waals surface area contributed by atoms with Crippen LogP contribution in [0, 0.1) is 13.8 Å². The minimum Gasteiger partial charge on any atom is -0.0912 e. The molecule has 0 aliphatic heterocycles. The van der Waals surface area contributed by atoms with Crippen LogP contribution in [0.5, 0.6) is 0 Å². The first kappa shape index (κ1) is 18.0. The molecule has 136 valence electrons. The van der Waals surface area contributed by atoms with Gasteiger partial charge in [-0.3, -0.25) is 0 Å². The second-order valence-electron chi connectivity index (χ2n) is 7.28. The summed E-state index contributed by atoms with van der Waals surface area (Å²) in [4.78, 5) is 0. The van der Waals surface area contributed by atoms with Crippen molar-refractivity contribution in [2.24, 2.45) is 0 Å². The fraction of sp³-hybridized carbons (Fsp3) is 0.0714. The second kappa shape index (κ2) is 7.70. The third-order valence-electron chi connectivity index (χ3n) is 5.29. The van der Waals surface area contributed by atoms with Crippen molar-refractivity contribution < 1.29 is 0 Å². The number of aryl methyl sites for hydroxylation is 2. The molecule has 0 unspecified atom stereocenters. The number of benzene rings is 4. The number of rotatable bonds is 4. The van der Waals surface area contributed by atoms with Crippen LogP contribution in [0.1, 0.15) is 22.3 Å². The van der Waals surface area contributed by atoms with Gasteiger partial charge in [-0.1, -0.05) is 97.6 Å². The van der Waals surface area contributed by atoms with E-state index in [0.29, 0.717) is 0 Å². The van der Waals surface area contributed by atoms with E-state index in [9.17, 15) is 0 Å². The van der Waals surface area contributed by atoms with Gasteiger partial charge in [0.25, 0.3) is 0 Å². The zero-order valence-electron chi connectivity index (χ0n) is 16.4. The highest BCUT2D eigenvalue weighted by molar-refractivity contribution is 5.99. The highest BCUT2D eigenvalue weighted by Gasteiger charge is 2.10. The van der Waals surface area contributed by atoms with Crippen molar-refractivity contribution in [3.05, 3.63) is 120 Å². The zero-order chi connectivity index (χ0) is 19.5. The molecular weight excluding hydrogens is 336 g/mol. The van der Waals surface area contributed by atoms with Crippen molar-refractivity contribution in [2.45, 2.75) is 13.8 Å². The third kappa shape index (κ3) is 3.54. The Kier molecular flexibility index (Phi) is 4.95. The van der Waals surface area contributed by atoms with E-state index in [2.05, 4.69) is 99.3 Å². The zero-order valence-corrected chi connectivity index (χ0v) is 16.4. The number of hydrogen-bond acceptors (Lipinski definition) is 0. The van der Waals surface area contributed by atoms with Gasteiger partial charge in [-0.25, -0.2) is 0 Å². The molecule has 0 radical (unpaired) electrons. The van der Waals surface area contributed by atoms with Crippen LogP contribution >= 0.6 is 0 Å². The molecule has 0 nitrogen and oxygen atoms in total. The van der Waals surface area contributed by atoms with E-state index < -0.39 is 0 Å². The molecule has 0 aliphatic carbocycles. The first-order chi connectivity index (χ1) is 13.6. The van der Waals surface area contributed by atoms with Gasteiger partial charge in [-0.05, 0) is 69.6 Å². The largest absolute Gasteiger partial charge is 0.0912 e. The van der Waals surface area contributed by atoms with Crippen LogP contribution in [0.3, 0.4) is 0 Å². The fourth-order valence-electron chi connectivity index (χ4n) is 3.70. The lowest BCUT2D eigenvalue weighted by Gasteiger charge is -2.14. The topological polar surface area (TPSA) is 0 Å². The smallest absolute Gasteiger partial charge is 0.00732 e. The van der Waals surface area contributed by atoms with Gasteiger partial charge in [0.1, 0.15) is 0 Å². The quantitative estimate of drug-likeness (QED) is 0.325. The minimum atomic E-state index is 1.02. The average Bonchev–Trinajstić information content (AvgIpc) is 2.74. The second-order valence-corrected chi connectivity index (χ2v) is 7.28. The van der Waals surface area contributed by atoms with Crippen LogP contribution in [-0.2, 0) is 0 Å². The molecule has 0 atom stereocenters. The molecule has 0 heterocycles. The first-order valence-electron chi connectivity index (χ1n) is 9.65. The Balaban J connectivity index is 1.76. The van der Waals surface area contributed by atoms with Crippen molar-refractivity contribution in [2.75, 3.05) is 0 Å². The normalized spacial score (nSPS) is 11.2. The molecule has 4 rings (SSSR count). The maximum Gasteiger partial charge on any atom is -0.00732 e. The molecule has 0 saturated carbocycles. The van der Waals surface area contributed by atoms with Crippen LogP contribution in [0.25, 0.3) is 33.5 Å². The van der Waals surface area contributed by atoms with Gasteiger partial charge in [-0.2, -0.15) is 0 Å². The standard InChI is InChI=1S/C28H24/c1-20(24-9-5-4-6-10-24)13-16-23-17-14-21(2)27(19-23)28-22(3)15-18-25-11-7-8-12-26(25)28/h4-19H,1H2,2-3H3/b16-13+. The molecule has 4 aromatic carbocycles. The molecule has 28 heavy (non-hydrogen) atoms. The highest BCUT2D eigenvalue weighted by Crippen LogP contribution is 2.34. The summed E-state index contributed by atoms with van der Waals surface area (Å²) >= 11 is 0. The van der Waals surface area contributed by atoms with E-state index in [1.165, 1.54) is 38.6 Å². The monoisotopic (exact) mass is 360 g/mol. The summed E-state index contributed by atoms with van der Waals surface area (Å²) in [5, 5.41) is 2.58. The Morgan fingerprint density at radius 1 is 0.750 bits per heavy atom. The lowest BCUT2D eigenvalue weighted by molar-refractivity contribution is 1.42. The first-order valence-corrected chi connectivity index (χ1v) is 9.65. The Bertz CT molecular complexity index is 1180. The minimum absolute atomic E-state index is 1.02.